The van der Waals surface area contributed by atoms with Crippen molar-refractivity contribution in [3.63, 3.8) is 0 Å². The maximum absolute atomic E-state index is 11.8. The lowest BCUT2D eigenvalue weighted by Gasteiger charge is -2.13. The number of hydrogen-bond acceptors (Lipinski definition) is 4. The van der Waals surface area contributed by atoms with Crippen LogP contribution in [0.2, 0.25) is 0 Å². The summed E-state index contributed by atoms with van der Waals surface area (Å²) in [6, 6.07) is 1.71. The van der Waals surface area contributed by atoms with Crippen LogP contribution in [0, 0.1) is 5.92 Å². The average Bonchev–Trinajstić information content (AvgIpc) is 2.72. The summed E-state index contributed by atoms with van der Waals surface area (Å²) < 4.78 is 0.771. The van der Waals surface area contributed by atoms with Gasteiger partial charge in [-0.2, -0.15) is 0 Å². The molecule has 1 aromatic heterocycles. The zero-order valence-corrected chi connectivity index (χ0v) is 13.2. The lowest BCUT2D eigenvalue weighted by Crippen LogP contribution is -2.34. The number of aliphatic hydroxyl groups is 1. The van der Waals surface area contributed by atoms with Crippen LogP contribution in [-0.2, 0) is 0 Å². The second-order valence-corrected chi connectivity index (χ2v) is 5.00. The first-order valence-electron chi connectivity index (χ1n) is 5.44. The van der Waals surface area contributed by atoms with Crippen molar-refractivity contribution in [1.82, 2.24) is 15.6 Å². The fraction of sp³-hybridized carbons (Fsp3) is 0.455. The van der Waals surface area contributed by atoms with Gasteiger partial charge in [0.15, 0.2) is 0 Å². The first kappa shape index (κ1) is 18.6. The fourth-order valence-corrected chi connectivity index (χ4v) is 2.15. The zero-order chi connectivity index (χ0) is 12.3. The molecule has 1 aliphatic heterocycles. The van der Waals surface area contributed by atoms with Crippen LogP contribution >= 0.6 is 40.7 Å². The van der Waals surface area contributed by atoms with Gasteiger partial charge < -0.3 is 15.7 Å². The third-order valence-corrected chi connectivity index (χ3v) is 3.23. The molecule has 1 fully saturated rings. The van der Waals surface area contributed by atoms with Crippen molar-refractivity contribution >= 4 is 46.7 Å². The van der Waals surface area contributed by atoms with Crippen molar-refractivity contribution in [3.05, 3.63) is 28.5 Å². The van der Waals surface area contributed by atoms with Crippen LogP contribution < -0.4 is 10.6 Å². The van der Waals surface area contributed by atoms with Gasteiger partial charge in [-0.1, -0.05) is 0 Å². The number of halogens is 3. The molecule has 1 amide bonds. The molecule has 0 bridgehead atoms. The normalized spacial score (nSPS) is 21.2. The summed E-state index contributed by atoms with van der Waals surface area (Å²) >= 11 is 3.26. The summed E-state index contributed by atoms with van der Waals surface area (Å²) in [4.78, 5) is 15.7. The molecule has 2 unspecified atom stereocenters. The van der Waals surface area contributed by atoms with E-state index in [9.17, 15) is 9.90 Å². The van der Waals surface area contributed by atoms with Crippen LogP contribution in [0.15, 0.2) is 22.9 Å². The van der Waals surface area contributed by atoms with E-state index >= 15 is 0 Å². The van der Waals surface area contributed by atoms with E-state index in [-0.39, 0.29) is 42.7 Å². The Balaban J connectivity index is 0.00000162. The fourth-order valence-electron chi connectivity index (χ4n) is 1.79. The number of nitrogens with one attached hydrogen (secondary N) is 2. The van der Waals surface area contributed by atoms with Gasteiger partial charge >= 0.3 is 0 Å². The minimum absolute atomic E-state index is 0. The second kappa shape index (κ2) is 8.71. The van der Waals surface area contributed by atoms with Crippen molar-refractivity contribution in [2.45, 2.75) is 6.10 Å². The third-order valence-electron chi connectivity index (χ3n) is 2.80. The summed E-state index contributed by atoms with van der Waals surface area (Å²) in [6.45, 7) is 1.80. The summed E-state index contributed by atoms with van der Waals surface area (Å²) in [6.07, 6.45) is 2.76. The van der Waals surface area contributed by atoms with Gasteiger partial charge in [0.2, 0.25) is 0 Å². The Morgan fingerprint density at radius 1 is 1.47 bits per heavy atom. The Hall–Kier alpha value is -0.400. The molecule has 8 heteroatoms. The monoisotopic (exact) mass is 371 g/mol. The van der Waals surface area contributed by atoms with E-state index in [1.54, 1.807) is 12.3 Å². The smallest absolute Gasteiger partial charge is 0.252 e. The first-order chi connectivity index (χ1) is 8.16. The molecule has 1 saturated heterocycles. The van der Waals surface area contributed by atoms with Crippen LogP contribution in [0.3, 0.4) is 0 Å². The van der Waals surface area contributed by atoms with Crippen molar-refractivity contribution in [1.29, 1.82) is 0 Å². The number of carbonyl (C=O) groups excluding carboxylic acids is 1. The van der Waals surface area contributed by atoms with E-state index in [1.807, 2.05) is 0 Å². The summed E-state index contributed by atoms with van der Waals surface area (Å²) in [7, 11) is 0. The van der Waals surface area contributed by atoms with Gasteiger partial charge in [-0.05, 0) is 22.0 Å². The highest BCUT2D eigenvalue weighted by Gasteiger charge is 2.25. The molecule has 0 aromatic carbocycles. The van der Waals surface area contributed by atoms with Gasteiger partial charge in [-0.3, -0.25) is 9.78 Å². The molecular weight excluding hydrogens is 357 g/mol. The number of nitrogens with zero attached hydrogens (tertiary/aromatic N) is 1. The molecule has 108 valence electrons. The average molecular weight is 373 g/mol. The lowest BCUT2D eigenvalue weighted by molar-refractivity contribution is 0.0926. The number of carbonyl (C=O) groups is 1. The van der Waals surface area contributed by atoms with E-state index < -0.39 is 0 Å². The maximum atomic E-state index is 11.8. The molecule has 2 rings (SSSR count). The Labute approximate surface area is 132 Å². The third kappa shape index (κ3) is 5.24. The SMILES string of the molecule is Cl.Cl.O=C(NCC1CNCC1O)c1cncc(Br)c1. The highest BCUT2D eigenvalue weighted by atomic mass is 79.9. The molecule has 19 heavy (non-hydrogen) atoms. The molecule has 0 spiro atoms. The number of rotatable bonds is 3. The van der Waals surface area contributed by atoms with E-state index in [0.717, 1.165) is 11.0 Å². The zero-order valence-electron chi connectivity index (χ0n) is 10.0. The van der Waals surface area contributed by atoms with E-state index in [1.165, 1.54) is 6.20 Å². The van der Waals surface area contributed by atoms with Gasteiger partial charge in [0.05, 0.1) is 11.7 Å². The molecule has 2 atom stereocenters. The number of pyridine rings is 1. The van der Waals surface area contributed by atoms with Crippen LogP contribution in [0.1, 0.15) is 10.4 Å². The Morgan fingerprint density at radius 2 is 2.21 bits per heavy atom. The van der Waals surface area contributed by atoms with Crippen LogP contribution in [0.4, 0.5) is 0 Å². The predicted octanol–water partition coefficient (Wildman–Crippen LogP) is 0.998. The van der Waals surface area contributed by atoms with Gasteiger partial charge in [0, 0.05) is 42.4 Å². The van der Waals surface area contributed by atoms with Gasteiger partial charge in [0.1, 0.15) is 0 Å². The Kier molecular flexibility index (Phi) is 8.52. The predicted molar refractivity (Wildman–Crippen MR) is 81.1 cm³/mol. The minimum Gasteiger partial charge on any atom is -0.391 e. The molecule has 0 saturated carbocycles. The number of β-amino-alcohol motifs (C(OH)–C–C–N with tert-alkyl or cyclic N) is 1. The highest BCUT2D eigenvalue weighted by molar-refractivity contribution is 9.10. The van der Waals surface area contributed by atoms with Crippen LogP contribution in [-0.4, -0.2) is 41.7 Å². The molecule has 5 nitrogen and oxygen atoms in total. The Bertz CT molecular complexity index is 423. The van der Waals surface area contributed by atoms with E-state index in [2.05, 4.69) is 31.5 Å². The first-order valence-corrected chi connectivity index (χ1v) is 6.23. The highest BCUT2D eigenvalue weighted by Crippen LogP contribution is 2.10. The van der Waals surface area contributed by atoms with Gasteiger partial charge in [0.25, 0.3) is 5.91 Å². The number of hydrogen-bond donors (Lipinski definition) is 3. The summed E-state index contributed by atoms with van der Waals surface area (Å²) in [5.74, 6) is -0.0861. The Morgan fingerprint density at radius 3 is 2.79 bits per heavy atom. The van der Waals surface area contributed by atoms with Crippen LogP contribution in [0.5, 0.6) is 0 Å². The molecular formula is C11H16BrCl2N3O2. The van der Waals surface area contributed by atoms with Crippen molar-refractivity contribution in [2.75, 3.05) is 19.6 Å². The molecule has 0 radical (unpaired) electrons. The van der Waals surface area contributed by atoms with Crippen molar-refractivity contribution in [2.24, 2.45) is 5.92 Å². The molecule has 2 heterocycles. The molecule has 1 aromatic rings. The van der Waals surface area contributed by atoms with E-state index in [0.29, 0.717) is 18.7 Å². The lowest BCUT2D eigenvalue weighted by atomic mass is 10.1. The molecule has 3 N–H and O–H groups in total. The largest absolute Gasteiger partial charge is 0.391 e. The number of amides is 1. The van der Waals surface area contributed by atoms with Gasteiger partial charge in [-0.15, -0.1) is 24.8 Å². The summed E-state index contributed by atoms with van der Waals surface area (Å²) in [5, 5.41) is 15.5. The number of aromatic nitrogens is 1. The van der Waals surface area contributed by atoms with Crippen molar-refractivity contribution in [3.8, 4) is 0 Å². The standard InChI is InChI=1S/C11H14BrN3O2.2ClH/c12-9-1-7(2-13-5-9)11(17)15-4-8-3-14-6-10(8)16;;/h1-2,5,8,10,14,16H,3-4,6H2,(H,15,17);2*1H. The van der Waals surface area contributed by atoms with Crippen LogP contribution in [0.25, 0.3) is 0 Å². The second-order valence-electron chi connectivity index (χ2n) is 4.09. The topological polar surface area (TPSA) is 74.2 Å². The number of aliphatic hydroxyl groups excluding tert-OH is 1. The van der Waals surface area contributed by atoms with Crippen molar-refractivity contribution < 1.29 is 9.90 Å². The van der Waals surface area contributed by atoms with E-state index in [4.69, 9.17) is 0 Å². The maximum Gasteiger partial charge on any atom is 0.252 e. The molecule has 1 aliphatic rings. The van der Waals surface area contributed by atoms with Gasteiger partial charge in [-0.25, -0.2) is 0 Å². The molecule has 0 aliphatic carbocycles. The quantitative estimate of drug-likeness (QED) is 0.739. The minimum atomic E-state index is -0.379. The summed E-state index contributed by atoms with van der Waals surface area (Å²) in [5.41, 5.74) is 0.514.